The lowest BCUT2D eigenvalue weighted by molar-refractivity contribution is -0.0687. The van der Waals surface area contributed by atoms with E-state index in [1.165, 1.54) is 22.1 Å². The Kier molecular flexibility index (Phi) is 6.20. The first-order valence-electron chi connectivity index (χ1n) is 12.3. The fourth-order valence-electron chi connectivity index (χ4n) is 5.98. The molecule has 0 amide bonds. The lowest BCUT2D eigenvalue weighted by atomic mass is 9.55. The summed E-state index contributed by atoms with van der Waals surface area (Å²) in [6.45, 7) is 3.05. The zero-order valence-corrected chi connectivity index (χ0v) is 21.8. The van der Waals surface area contributed by atoms with Crippen LogP contribution in [0, 0.1) is 11.6 Å². The molecular formula is C27H30F2N2O5S. The van der Waals surface area contributed by atoms with Gasteiger partial charge in [0.2, 0.25) is 10.0 Å². The third kappa shape index (κ3) is 4.34. The predicted molar refractivity (Wildman–Crippen MR) is 133 cm³/mol. The molecule has 1 saturated carbocycles. The molecule has 7 nitrogen and oxygen atoms in total. The number of halogens is 2. The fraction of sp³-hybridized carbons (Fsp3) is 0.444. The Morgan fingerprint density at radius 2 is 1.78 bits per heavy atom. The summed E-state index contributed by atoms with van der Waals surface area (Å²) in [5.74, 6) is -2.00. The van der Waals surface area contributed by atoms with Gasteiger partial charge in [-0.15, -0.1) is 0 Å². The summed E-state index contributed by atoms with van der Waals surface area (Å²) in [5, 5.41) is 9.72. The van der Waals surface area contributed by atoms with Crippen LogP contribution in [0.25, 0.3) is 0 Å². The number of hydrogen-bond donors (Lipinski definition) is 1. The molecule has 0 bridgehead atoms. The predicted octanol–water partition coefficient (Wildman–Crippen LogP) is 4.14. The van der Waals surface area contributed by atoms with Gasteiger partial charge < -0.3 is 9.52 Å². The van der Waals surface area contributed by atoms with Gasteiger partial charge >= 0.3 is 5.76 Å². The van der Waals surface area contributed by atoms with Crippen LogP contribution in [0.2, 0.25) is 0 Å². The Hall–Kier alpha value is -2.82. The van der Waals surface area contributed by atoms with Gasteiger partial charge in [0.15, 0.2) is 0 Å². The van der Waals surface area contributed by atoms with Gasteiger partial charge in [-0.2, -0.15) is 4.31 Å². The van der Waals surface area contributed by atoms with E-state index in [0.717, 1.165) is 12.1 Å². The van der Waals surface area contributed by atoms with E-state index in [2.05, 4.69) is 0 Å². The minimum Gasteiger partial charge on any atom is -0.412 e. The first kappa shape index (κ1) is 25.8. The van der Waals surface area contributed by atoms with Crippen molar-refractivity contribution in [3.8, 4) is 0 Å². The van der Waals surface area contributed by atoms with Gasteiger partial charge in [-0.3, -0.25) is 4.57 Å². The van der Waals surface area contributed by atoms with Crippen molar-refractivity contribution < 1.29 is 26.7 Å². The van der Waals surface area contributed by atoms with Crippen LogP contribution in [0.1, 0.15) is 67.2 Å². The van der Waals surface area contributed by atoms with Crippen LogP contribution in [0.5, 0.6) is 0 Å². The Morgan fingerprint density at radius 1 is 1.11 bits per heavy atom. The maximum Gasteiger partial charge on any atom is 0.418 e. The van der Waals surface area contributed by atoms with Gasteiger partial charge in [0.1, 0.15) is 22.6 Å². The minimum absolute atomic E-state index is 0.0358. The second-order valence-electron chi connectivity index (χ2n) is 10.7. The van der Waals surface area contributed by atoms with E-state index in [9.17, 15) is 18.3 Å². The molecule has 2 heterocycles. The van der Waals surface area contributed by atoms with E-state index >= 15 is 8.78 Å². The summed E-state index contributed by atoms with van der Waals surface area (Å²) in [4.78, 5) is 12.0. The van der Waals surface area contributed by atoms with E-state index < -0.39 is 43.7 Å². The van der Waals surface area contributed by atoms with E-state index in [1.54, 1.807) is 38.1 Å². The van der Waals surface area contributed by atoms with E-state index in [0.29, 0.717) is 18.4 Å². The quantitative estimate of drug-likeness (QED) is 0.533. The lowest BCUT2D eigenvalue weighted by Gasteiger charge is -2.50. The van der Waals surface area contributed by atoms with Crippen molar-refractivity contribution in [2.75, 3.05) is 0 Å². The molecule has 1 saturated heterocycles. The molecule has 198 valence electrons. The van der Waals surface area contributed by atoms with Gasteiger partial charge in [-0.1, -0.05) is 30.3 Å². The molecule has 2 atom stereocenters. The maximum absolute atomic E-state index is 15.6. The van der Waals surface area contributed by atoms with E-state index in [-0.39, 0.29) is 42.3 Å². The molecule has 1 aliphatic heterocycles. The summed E-state index contributed by atoms with van der Waals surface area (Å²) < 4.78 is 66.0. The summed E-state index contributed by atoms with van der Waals surface area (Å²) in [5.41, 5.74) is -1.80. The Morgan fingerprint density at radius 3 is 2.38 bits per heavy atom. The molecule has 10 heteroatoms. The molecule has 1 aliphatic carbocycles. The van der Waals surface area contributed by atoms with Crippen LogP contribution in [0.15, 0.2) is 57.9 Å². The van der Waals surface area contributed by atoms with Crippen LogP contribution < -0.4 is 5.76 Å². The molecule has 3 aromatic rings. The second-order valence-corrected chi connectivity index (χ2v) is 12.8. The first-order valence-corrected chi connectivity index (χ1v) is 13.8. The van der Waals surface area contributed by atoms with E-state index in [4.69, 9.17) is 4.42 Å². The molecule has 0 unspecified atom stereocenters. The second kappa shape index (κ2) is 8.89. The number of aryl methyl sites for hydroxylation is 1. The van der Waals surface area contributed by atoms with E-state index in [1.807, 2.05) is 6.07 Å². The van der Waals surface area contributed by atoms with Crippen molar-refractivity contribution in [2.45, 2.75) is 68.4 Å². The zero-order chi connectivity index (χ0) is 26.8. The number of sulfonamides is 1. The van der Waals surface area contributed by atoms with Crippen molar-refractivity contribution in [3.05, 3.63) is 93.3 Å². The van der Waals surface area contributed by atoms with Gasteiger partial charge in [0, 0.05) is 37.0 Å². The largest absolute Gasteiger partial charge is 0.418 e. The highest BCUT2D eigenvalue weighted by Crippen LogP contribution is 2.55. The monoisotopic (exact) mass is 532 g/mol. The Balaban J connectivity index is 1.50. The number of hydrogen-bond acceptors (Lipinski definition) is 5. The topological polar surface area (TPSA) is 92.8 Å². The SMILES string of the molecule is C[C@H]1CC[C@H](c2ccccc2)S(=O)(=O)N1Cc1cc(F)c([C@]2(c3cn(C)c(=O)o3)C[C@](C)(O)C2)cc1F. The van der Waals surface area contributed by atoms with Crippen molar-refractivity contribution in [1.82, 2.24) is 8.87 Å². The number of nitrogens with zero attached hydrogens (tertiary/aromatic N) is 2. The highest BCUT2D eigenvalue weighted by atomic mass is 32.2. The standard InChI is InChI=1S/C27H30F2N2O5S/c1-17-9-10-23(18-7-5-4-6-8-18)37(34,35)31(17)13-19-11-22(29)20(12-21(19)28)27(15-26(2,33)16-27)24-14-30(3)25(32)36-24/h4-8,11-12,14,17,23,33H,9-10,13,15-16H2,1-3H3/t17-,23+,26-,27-/m0/s1. The van der Waals surface area contributed by atoms with Gasteiger partial charge in [-0.05, 0) is 57.2 Å². The molecule has 37 heavy (non-hydrogen) atoms. The fourth-order valence-corrected chi connectivity index (χ4v) is 8.17. The van der Waals surface area contributed by atoms with Crippen LogP contribution >= 0.6 is 0 Å². The average Bonchev–Trinajstić information content (AvgIpc) is 3.15. The normalized spacial score (nSPS) is 29.7. The summed E-state index contributed by atoms with van der Waals surface area (Å²) in [6.07, 6.45) is 2.54. The lowest BCUT2D eigenvalue weighted by Crippen LogP contribution is -2.53. The molecule has 2 fully saturated rings. The highest BCUT2D eigenvalue weighted by Gasteiger charge is 2.57. The number of aromatic nitrogens is 1. The smallest absolute Gasteiger partial charge is 0.412 e. The first-order chi connectivity index (χ1) is 17.3. The summed E-state index contributed by atoms with van der Waals surface area (Å²) in [7, 11) is -2.34. The molecule has 0 spiro atoms. The summed E-state index contributed by atoms with van der Waals surface area (Å²) >= 11 is 0. The van der Waals surface area contributed by atoms with Gasteiger partial charge in [0.25, 0.3) is 0 Å². The maximum atomic E-state index is 15.6. The molecular weight excluding hydrogens is 502 g/mol. The number of aliphatic hydroxyl groups is 1. The van der Waals surface area contributed by atoms with Crippen molar-refractivity contribution in [2.24, 2.45) is 7.05 Å². The van der Waals surface area contributed by atoms with Crippen LogP contribution in [-0.4, -0.2) is 34.0 Å². The molecule has 5 rings (SSSR count). The van der Waals surface area contributed by atoms with Crippen molar-refractivity contribution in [3.63, 3.8) is 0 Å². The number of oxazole rings is 1. The van der Waals surface area contributed by atoms with Gasteiger partial charge in [-0.25, -0.2) is 22.0 Å². The Labute approximate surface area is 214 Å². The van der Waals surface area contributed by atoms with Crippen molar-refractivity contribution >= 4 is 10.0 Å². The molecule has 2 aromatic carbocycles. The average molecular weight is 533 g/mol. The highest BCUT2D eigenvalue weighted by molar-refractivity contribution is 7.89. The molecule has 1 aromatic heterocycles. The van der Waals surface area contributed by atoms with Crippen LogP contribution in [-0.2, 0) is 29.0 Å². The van der Waals surface area contributed by atoms with Crippen molar-refractivity contribution in [1.29, 1.82) is 0 Å². The molecule has 0 radical (unpaired) electrons. The Bertz CT molecular complexity index is 1490. The zero-order valence-electron chi connectivity index (χ0n) is 20.9. The third-order valence-corrected chi connectivity index (χ3v) is 10.2. The van der Waals surface area contributed by atoms with Crippen LogP contribution in [0.4, 0.5) is 8.78 Å². The minimum atomic E-state index is -3.83. The number of benzene rings is 2. The van der Waals surface area contributed by atoms with Crippen LogP contribution in [0.3, 0.4) is 0 Å². The molecule has 2 aliphatic rings. The summed E-state index contributed by atoms with van der Waals surface area (Å²) in [6, 6.07) is 10.6. The van der Waals surface area contributed by atoms with Gasteiger partial charge in [0.05, 0.1) is 11.0 Å². The number of rotatable bonds is 5. The molecule has 1 N–H and O–H groups in total. The third-order valence-electron chi connectivity index (χ3n) is 7.81.